The van der Waals surface area contributed by atoms with E-state index in [1.807, 2.05) is 0 Å². The summed E-state index contributed by atoms with van der Waals surface area (Å²) in [5.41, 5.74) is 0.623. The molecule has 1 aromatic carbocycles. The Balaban J connectivity index is 1.91. The van der Waals surface area contributed by atoms with E-state index in [9.17, 15) is 22.8 Å². The molecule has 0 aliphatic rings. The summed E-state index contributed by atoms with van der Waals surface area (Å²) in [4.78, 5) is 29.1. The summed E-state index contributed by atoms with van der Waals surface area (Å²) in [5, 5.41) is 2.67. The number of amides is 2. The molecule has 6 nitrogen and oxygen atoms in total. The molecular formula is C17H19F3N4O2. The molecular weight excluding hydrogens is 349 g/mol. The second-order valence-electron chi connectivity index (χ2n) is 5.77. The second-order valence-corrected chi connectivity index (χ2v) is 5.77. The highest BCUT2D eigenvalue weighted by atomic mass is 19.4. The van der Waals surface area contributed by atoms with Gasteiger partial charge in [0, 0.05) is 50.2 Å². The van der Waals surface area contributed by atoms with E-state index in [1.165, 1.54) is 19.2 Å². The topological polar surface area (TPSA) is 67.2 Å². The SMILES string of the molecule is CN(CCC(F)(F)F)C(=O)c1cccc(NC(=O)CCn2ccnc2)c1. The number of rotatable bonds is 7. The summed E-state index contributed by atoms with van der Waals surface area (Å²) in [6.45, 7) is 0.0362. The van der Waals surface area contributed by atoms with Crippen LogP contribution in [0.25, 0.3) is 0 Å². The average Bonchev–Trinajstić information content (AvgIpc) is 3.10. The van der Waals surface area contributed by atoms with Crippen molar-refractivity contribution in [3.63, 3.8) is 0 Å². The maximum absolute atomic E-state index is 12.3. The number of imidazole rings is 1. The van der Waals surface area contributed by atoms with Crippen LogP contribution in [0.3, 0.4) is 0 Å². The van der Waals surface area contributed by atoms with Crippen molar-refractivity contribution in [1.82, 2.24) is 14.5 Å². The van der Waals surface area contributed by atoms with E-state index in [1.54, 1.807) is 35.4 Å². The van der Waals surface area contributed by atoms with Gasteiger partial charge >= 0.3 is 6.18 Å². The van der Waals surface area contributed by atoms with Crippen LogP contribution in [0.15, 0.2) is 43.0 Å². The largest absolute Gasteiger partial charge is 0.390 e. The number of carbonyl (C=O) groups is 2. The van der Waals surface area contributed by atoms with E-state index in [0.29, 0.717) is 12.2 Å². The fourth-order valence-corrected chi connectivity index (χ4v) is 2.22. The standard InChI is InChI=1S/C17H19F3N4O2/c1-23(9-6-17(18,19)20)16(26)13-3-2-4-14(11-13)22-15(25)5-8-24-10-7-21-12-24/h2-4,7,10-12H,5-6,8-9H2,1H3,(H,22,25). The Morgan fingerprint density at radius 3 is 2.73 bits per heavy atom. The first-order chi connectivity index (χ1) is 12.2. The zero-order chi connectivity index (χ0) is 19.2. The molecule has 0 saturated carbocycles. The van der Waals surface area contributed by atoms with Crippen LogP contribution in [0, 0.1) is 0 Å². The van der Waals surface area contributed by atoms with Gasteiger partial charge in [-0.15, -0.1) is 0 Å². The highest BCUT2D eigenvalue weighted by Gasteiger charge is 2.28. The zero-order valence-electron chi connectivity index (χ0n) is 14.2. The molecule has 0 aliphatic heterocycles. The molecule has 2 rings (SSSR count). The molecule has 0 atom stereocenters. The van der Waals surface area contributed by atoms with E-state index in [2.05, 4.69) is 10.3 Å². The Labute approximate surface area is 148 Å². The van der Waals surface area contributed by atoms with Crippen molar-refractivity contribution in [2.45, 2.75) is 25.6 Å². The number of aryl methyl sites for hydroxylation is 1. The minimum absolute atomic E-state index is 0.210. The lowest BCUT2D eigenvalue weighted by atomic mass is 10.1. The number of hydrogen-bond donors (Lipinski definition) is 1. The summed E-state index contributed by atoms with van der Waals surface area (Å²) >= 11 is 0. The molecule has 0 spiro atoms. The zero-order valence-corrected chi connectivity index (χ0v) is 14.2. The summed E-state index contributed by atoms with van der Waals surface area (Å²) in [6.07, 6.45) is -0.214. The van der Waals surface area contributed by atoms with Crippen LogP contribution in [0.2, 0.25) is 0 Å². The molecule has 2 amide bonds. The Bertz CT molecular complexity index is 745. The number of nitrogens with zero attached hydrogens (tertiary/aromatic N) is 3. The van der Waals surface area contributed by atoms with Crippen molar-refractivity contribution < 1.29 is 22.8 Å². The minimum atomic E-state index is -4.32. The van der Waals surface area contributed by atoms with E-state index in [-0.39, 0.29) is 17.9 Å². The highest BCUT2D eigenvalue weighted by molar-refractivity contribution is 5.97. The Hall–Kier alpha value is -2.84. The molecule has 0 saturated heterocycles. The Morgan fingerprint density at radius 2 is 2.08 bits per heavy atom. The van der Waals surface area contributed by atoms with Gasteiger partial charge in [0.1, 0.15) is 0 Å². The molecule has 0 unspecified atom stereocenters. The van der Waals surface area contributed by atoms with Crippen LogP contribution < -0.4 is 5.32 Å². The first-order valence-corrected chi connectivity index (χ1v) is 7.92. The predicted molar refractivity (Wildman–Crippen MR) is 89.5 cm³/mol. The number of hydrogen-bond acceptors (Lipinski definition) is 3. The third-order valence-electron chi connectivity index (χ3n) is 3.63. The molecule has 0 aliphatic carbocycles. The van der Waals surface area contributed by atoms with Gasteiger partial charge in [0.25, 0.3) is 5.91 Å². The number of nitrogens with one attached hydrogen (secondary N) is 1. The molecule has 140 valence electrons. The molecule has 0 fully saturated rings. The molecule has 9 heteroatoms. The van der Waals surface area contributed by atoms with E-state index >= 15 is 0 Å². The Morgan fingerprint density at radius 1 is 1.31 bits per heavy atom. The number of carbonyl (C=O) groups excluding carboxylic acids is 2. The molecule has 1 heterocycles. The average molecular weight is 368 g/mol. The second kappa shape index (κ2) is 8.50. The summed E-state index contributed by atoms with van der Waals surface area (Å²) in [5.74, 6) is -0.780. The highest BCUT2D eigenvalue weighted by Crippen LogP contribution is 2.20. The third kappa shape index (κ3) is 6.23. The smallest absolute Gasteiger partial charge is 0.341 e. The van der Waals surface area contributed by atoms with Gasteiger partial charge in [-0.2, -0.15) is 13.2 Å². The van der Waals surface area contributed by atoms with Crippen molar-refractivity contribution in [3.05, 3.63) is 48.5 Å². The van der Waals surface area contributed by atoms with Crippen LogP contribution in [-0.4, -0.2) is 46.0 Å². The quantitative estimate of drug-likeness (QED) is 0.817. The van der Waals surface area contributed by atoms with Crippen molar-refractivity contribution in [1.29, 1.82) is 0 Å². The van der Waals surface area contributed by atoms with Crippen LogP contribution in [0.4, 0.5) is 18.9 Å². The van der Waals surface area contributed by atoms with Gasteiger partial charge in [0.15, 0.2) is 0 Å². The maximum atomic E-state index is 12.3. The Kier molecular flexibility index (Phi) is 6.37. The predicted octanol–water partition coefficient (Wildman–Crippen LogP) is 2.94. The fourth-order valence-electron chi connectivity index (χ4n) is 2.22. The van der Waals surface area contributed by atoms with Gasteiger partial charge in [0.2, 0.25) is 5.91 Å². The van der Waals surface area contributed by atoms with Gasteiger partial charge in [-0.25, -0.2) is 4.98 Å². The van der Waals surface area contributed by atoms with E-state index < -0.39 is 25.0 Å². The normalized spacial score (nSPS) is 11.2. The molecule has 0 radical (unpaired) electrons. The number of halogens is 3. The maximum Gasteiger partial charge on any atom is 0.390 e. The fraction of sp³-hybridized carbons (Fsp3) is 0.353. The van der Waals surface area contributed by atoms with E-state index in [0.717, 1.165) is 4.90 Å². The number of aromatic nitrogens is 2. The van der Waals surface area contributed by atoms with Crippen molar-refractivity contribution in [2.24, 2.45) is 0 Å². The van der Waals surface area contributed by atoms with Crippen LogP contribution in [0.1, 0.15) is 23.2 Å². The molecule has 1 aromatic heterocycles. The summed E-state index contributed by atoms with van der Waals surface area (Å²) < 4.78 is 38.6. The van der Waals surface area contributed by atoms with Crippen molar-refractivity contribution in [3.8, 4) is 0 Å². The van der Waals surface area contributed by atoms with Crippen molar-refractivity contribution in [2.75, 3.05) is 18.9 Å². The number of anilines is 1. The van der Waals surface area contributed by atoms with Gasteiger partial charge < -0.3 is 14.8 Å². The number of benzene rings is 1. The first-order valence-electron chi connectivity index (χ1n) is 7.92. The van der Waals surface area contributed by atoms with Gasteiger partial charge in [-0.05, 0) is 18.2 Å². The third-order valence-corrected chi connectivity index (χ3v) is 3.63. The van der Waals surface area contributed by atoms with Gasteiger partial charge in [-0.3, -0.25) is 9.59 Å². The lowest BCUT2D eigenvalue weighted by Crippen LogP contribution is -2.30. The van der Waals surface area contributed by atoms with Crippen LogP contribution in [-0.2, 0) is 11.3 Å². The summed E-state index contributed by atoms with van der Waals surface area (Å²) in [6, 6.07) is 6.12. The van der Waals surface area contributed by atoms with Crippen molar-refractivity contribution >= 4 is 17.5 Å². The monoisotopic (exact) mass is 368 g/mol. The van der Waals surface area contributed by atoms with Gasteiger partial charge in [0.05, 0.1) is 12.7 Å². The molecule has 2 aromatic rings. The van der Waals surface area contributed by atoms with Crippen LogP contribution in [0.5, 0.6) is 0 Å². The first kappa shape index (κ1) is 19.5. The van der Waals surface area contributed by atoms with Gasteiger partial charge in [-0.1, -0.05) is 6.07 Å². The van der Waals surface area contributed by atoms with E-state index in [4.69, 9.17) is 0 Å². The lowest BCUT2D eigenvalue weighted by Gasteiger charge is -2.18. The lowest BCUT2D eigenvalue weighted by molar-refractivity contribution is -0.136. The number of alkyl halides is 3. The molecule has 0 bridgehead atoms. The van der Waals surface area contributed by atoms with Crippen LogP contribution >= 0.6 is 0 Å². The molecule has 1 N–H and O–H groups in total. The summed E-state index contributed by atoms with van der Waals surface area (Å²) in [7, 11) is 1.31. The minimum Gasteiger partial charge on any atom is -0.341 e. The molecule has 26 heavy (non-hydrogen) atoms.